The number of hydrogen-bond acceptors (Lipinski definition) is 2. The quantitative estimate of drug-likeness (QED) is 0.620. The van der Waals surface area contributed by atoms with Crippen LogP contribution in [0, 0.1) is 47.3 Å². The summed E-state index contributed by atoms with van der Waals surface area (Å²) in [6.45, 7) is 1.68. The minimum absolute atomic E-state index is 0.0849. The van der Waals surface area contributed by atoms with Crippen LogP contribution in [-0.4, -0.2) is 23.8 Å². The van der Waals surface area contributed by atoms with Gasteiger partial charge in [-0.25, -0.2) is 0 Å². The Hall–Kier alpha value is 0.400. The van der Waals surface area contributed by atoms with Crippen LogP contribution in [0.1, 0.15) is 0 Å². The van der Waals surface area contributed by atoms with Crippen LogP contribution in [0.3, 0.4) is 0 Å². The summed E-state index contributed by atoms with van der Waals surface area (Å²) in [6, 6.07) is 0. The van der Waals surface area contributed by atoms with E-state index in [-0.39, 0.29) is 5.79 Å². The van der Waals surface area contributed by atoms with Crippen molar-refractivity contribution in [3.05, 3.63) is 0 Å². The second kappa shape index (κ2) is 1.85. The number of ether oxygens (including phenoxy) is 2. The van der Waals surface area contributed by atoms with Crippen molar-refractivity contribution in [2.24, 2.45) is 47.3 Å². The average molecular weight is 269 g/mol. The molecule has 0 amide bonds. The molecule has 4 bridgehead atoms. The summed E-state index contributed by atoms with van der Waals surface area (Å²) in [5.74, 6) is 7.38. The predicted molar refractivity (Wildman–Crippen MR) is 55.3 cm³/mol. The van der Waals surface area contributed by atoms with Gasteiger partial charge in [-0.1, -0.05) is 15.9 Å². The zero-order valence-electron chi connectivity index (χ0n) is 8.30. The molecular formula is C12H13BrO2. The fraction of sp³-hybridized carbons (Fsp3) is 1.00. The van der Waals surface area contributed by atoms with Gasteiger partial charge in [0.1, 0.15) is 0 Å². The van der Waals surface area contributed by atoms with Gasteiger partial charge in [0.05, 0.1) is 13.2 Å². The Balaban J connectivity index is 1.63. The topological polar surface area (TPSA) is 18.5 Å². The van der Waals surface area contributed by atoms with Crippen molar-refractivity contribution in [2.45, 2.75) is 10.6 Å². The molecule has 0 aromatic rings. The molecule has 6 saturated carbocycles. The van der Waals surface area contributed by atoms with E-state index in [1.165, 1.54) is 0 Å². The first-order valence-electron chi connectivity index (χ1n) is 6.28. The molecule has 6 aliphatic carbocycles. The largest absolute Gasteiger partial charge is 0.347 e. The number of rotatable bonds is 0. The predicted octanol–water partition coefficient (Wildman–Crippen LogP) is 1.49. The van der Waals surface area contributed by atoms with Crippen LogP contribution < -0.4 is 0 Å². The van der Waals surface area contributed by atoms with Crippen LogP contribution in [-0.2, 0) is 9.47 Å². The van der Waals surface area contributed by atoms with Gasteiger partial charge in [-0.2, -0.15) is 0 Å². The molecule has 1 saturated heterocycles. The lowest BCUT2D eigenvalue weighted by Gasteiger charge is -2.63. The standard InChI is InChI=1S/C12H13BrO2/c13-11-7-3-4-6(7)10-8(11)5(3)9(4)12(10)14-1-2-15-12/h3-11H,1-2H2/t3-,4+,5-,6+,7-,8-,9+,10+,11+/m1/s1. The Morgan fingerprint density at radius 3 is 2.07 bits per heavy atom. The molecule has 0 unspecified atom stereocenters. The maximum absolute atomic E-state index is 6.09. The van der Waals surface area contributed by atoms with Gasteiger partial charge in [0.2, 0.25) is 0 Å². The molecule has 2 nitrogen and oxygen atoms in total. The maximum atomic E-state index is 6.09. The minimum Gasteiger partial charge on any atom is -0.347 e. The number of halogens is 1. The lowest BCUT2D eigenvalue weighted by atomic mass is 9.41. The zero-order chi connectivity index (χ0) is 9.52. The third kappa shape index (κ3) is 0.460. The molecule has 3 heteroatoms. The van der Waals surface area contributed by atoms with Crippen molar-refractivity contribution in [2.75, 3.05) is 13.2 Å². The summed E-state index contributed by atoms with van der Waals surface area (Å²) in [6.07, 6.45) is 0. The molecule has 7 rings (SSSR count). The van der Waals surface area contributed by atoms with E-state index in [1.54, 1.807) is 0 Å². The summed E-state index contributed by atoms with van der Waals surface area (Å²) in [5.41, 5.74) is 0. The van der Waals surface area contributed by atoms with Crippen LogP contribution in [0.25, 0.3) is 0 Å². The van der Waals surface area contributed by atoms with E-state index in [2.05, 4.69) is 15.9 Å². The van der Waals surface area contributed by atoms with Gasteiger partial charge in [-0.15, -0.1) is 0 Å². The van der Waals surface area contributed by atoms with E-state index in [4.69, 9.17) is 9.47 Å². The lowest BCUT2D eigenvalue weighted by Crippen LogP contribution is -2.61. The molecule has 7 fully saturated rings. The van der Waals surface area contributed by atoms with Crippen molar-refractivity contribution in [1.29, 1.82) is 0 Å². The molecule has 7 aliphatic rings. The summed E-state index contributed by atoms with van der Waals surface area (Å²) in [5, 5.41) is 0. The average Bonchev–Trinajstić information content (AvgIpc) is 2.87. The van der Waals surface area contributed by atoms with Gasteiger partial charge >= 0.3 is 0 Å². The molecule has 1 heterocycles. The first kappa shape index (κ1) is 7.67. The van der Waals surface area contributed by atoms with Gasteiger partial charge in [-0.3, -0.25) is 0 Å². The van der Waals surface area contributed by atoms with E-state index < -0.39 is 0 Å². The zero-order valence-corrected chi connectivity index (χ0v) is 9.89. The fourth-order valence-corrected chi connectivity index (χ4v) is 8.30. The summed E-state index contributed by atoms with van der Waals surface area (Å²) in [7, 11) is 0. The Morgan fingerprint density at radius 1 is 0.800 bits per heavy atom. The first-order valence-corrected chi connectivity index (χ1v) is 7.20. The smallest absolute Gasteiger partial charge is 0.175 e. The molecule has 0 aromatic carbocycles. The van der Waals surface area contributed by atoms with E-state index in [0.29, 0.717) is 0 Å². The Morgan fingerprint density at radius 2 is 1.40 bits per heavy atom. The van der Waals surface area contributed by atoms with Gasteiger partial charge < -0.3 is 9.47 Å². The van der Waals surface area contributed by atoms with E-state index in [1.807, 2.05) is 0 Å². The summed E-state index contributed by atoms with van der Waals surface area (Å²) < 4.78 is 12.2. The Bertz CT molecular complexity index is 389. The van der Waals surface area contributed by atoms with Crippen molar-refractivity contribution in [3.63, 3.8) is 0 Å². The molecule has 0 radical (unpaired) electrons. The van der Waals surface area contributed by atoms with Crippen molar-refractivity contribution < 1.29 is 9.47 Å². The number of alkyl halides is 1. The maximum Gasteiger partial charge on any atom is 0.175 e. The SMILES string of the molecule is Br[C@H]1[C@@H]2[C@H]3[C@@H]4[C@@H]1[C@@H]1[C@H]2[C@H]3[C@@H]4C12OCCO2. The second-order valence-corrected chi connectivity index (χ2v) is 7.44. The monoisotopic (exact) mass is 268 g/mol. The molecule has 15 heavy (non-hydrogen) atoms. The van der Waals surface area contributed by atoms with E-state index in [0.717, 1.165) is 65.4 Å². The minimum atomic E-state index is -0.0849. The fourth-order valence-electron chi connectivity index (χ4n) is 6.91. The molecule has 1 aliphatic heterocycles. The highest BCUT2D eigenvalue weighted by molar-refractivity contribution is 9.09. The highest BCUT2D eigenvalue weighted by Gasteiger charge is 2.94. The van der Waals surface area contributed by atoms with Crippen LogP contribution in [0.2, 0.25) is 0 Å². The first-order chi connectivity index (χ1) is 7.36. The van der Waals surface area contributed by atoms with Crippen LogP contribution in [0.4, 0.5) is 0 Å². The highest BCUT2D eigenvalue weighted by Crippen LogP contribution is 2.92. The second-order valence-electron chi connectivity index (χ2n) is 6.38. The van der Waals surface area contributed by atoms with Crippen molar-refractivity contribution in [3.8, 4) is 0 Å². The molecule has 80 valence electrons. The van der Waals surface area contributed by atoms with Gasteiger partial charge in [0.15, 0.2) is 5.79 Å². The highest BCUT2D eigenvalue weighted by atomic mass is 79.9. The van der Waals surface area contributed by atoms with Crippen LogP contribution >= 0.6 is 15.9 Å². The van der Waals surface area contributed by atoms with Crippen molar-refractivity contribution in [1.82, 2.24) is 0 Å². The summed E-state index contributed by atoms with van der Waals surface area (Å²) in [4.78, 5) is 0.802. The van der Waals surface area contributed by atoms with E-state index in [9.17, 15) is 0 Å². The molecule has 9 atom stereocenters. The molecule has 0 aromatic heterocycles. The van der Waals surface area contributed by atoms with Gasteiger partial charge in [0.25, 0.3) is 0 Å². The van der Waals surface area contributed by atoms with Crippen LogP contribution in [0.5, 0.6) is 0 Å². The van der Waals surface area contributed by atoms with E-state index >= 15 is 0 Å². The molecule has 0 N–H and O–H groups in total. The number of hydrogen-bond donors (Lipinski definition) is 0. The van der Waals surface area contributed by atoms with Crippen molar-refractivity contribution >= 4 is 15.9 Å². The molecular weight excluding hydrogens is 256 g/mol. The molecule has 1 spiro atoms. The Labute approximate surface area is 96.8 Å². The van der Waals surface area contributed by atoms with Crippen LogP contribution in [0.15, 0.2) is 0 Å². The third-order valence-corrected chi connectivity index (χ3v) is 7.95. The van der Waals surface area contributed by atoms with Gasteiger partial charge in [-0.05, 0) is 35.5 Å². The summed E-state index contributed by atoms with van der Waals surface area (Å²) >= 11 is 3.96. The lowest BCUT2D eigenvalue weighted by molar-refractivity contribution is -0.226. The Kier molecular flexibility index (Phi) is 0.946. The third-order valence-electron chi connectivity index (χ3n) is 6.73. The van der Waals surface area contributed by atoms with Gasteiger partial charge in [0, 0.05) is 16.7 Å². The normalized spacial score (nSPS) is 77.8.